The Hall–Kier alpha value is -0.510. The molecule has 3 heteroatoms. The number of rotatable bonds is 4. The molecule has 1 aromatic rings. The third-order valence-electron chi connectivity index (χ3n) is 3.36. The molecule has 100 valence electrons. The van der Waals surface area contributed by atoms with Gasteiger partial charge in [0.1, 0.15) is 25.3 Å². The van der Waals surface area contributed by atoms with Gasteiger partial charge in [0, 0.05) is 10.6 Å². The van der Waals surface area contributed by atoms with Crippen molar-refractivity contribution in [2.75, 3.05) is 25.4 Å². The minimum atomic E-state index is 0.410. The summed E-state index contributed by atoms with van der Waals surface area (Å²) in [5.41, 5.74) is 1.33. The van der Waals surface area contributed by atoms with Crippen LogP contribution in [0.25, 0.3) is 0 Å². The third-order valence-corrected chi connectivity index (χ3v) is 4.38. The zero-order valence-corrected chi connectivity index (χ0v) is 12.4. The summed E-state index contributed by atoms with van der Waals surface area (Å²) < 4.78 is 5.77. The van der Waals surface area contributed by atoms with Crippen molar-refractivity contribution in [2.24, 2.45) is 0 Å². The second-order valence-electron chi connectivity index (χ2n) is 5.33. The summed E-state index contributed by atoms with van der Waals surface area (Å²) >= 11 is 1.96. The van der Waals surface area contributed by atoms with Gasteiger partial charge in [-0.05, 0) is 32.9 Å². The first-order valence-corrected chi connectivity index (χ1v) is 7.80. The molecule has 1 saturated heterocycles. The van der Waals surface area contributed by atoms with Crippen molar-refractivity contribution in [1.82, 2.24) is 0 Å². The molecular weight excluding hydrogens is 242 g/mol. The molecular formula is C15H24NOS+. The summed E-state index contributed by atoms with van der Waals surface area (Å²) in [7, 11) is 0. The van der Waals surface area contributed by atoms with Crippen LogP contribution in [-0.2, 0) is 4.74 Å². The van der Waals surface area contributed by atoms with Crippen LogP contribution in [0.5, 0.6) is 0 Å². The predicted octanol–water partition coefficient (Wildman–Crippen LogP) is 1.78. The average Bonchev–Trinajstić information content (AvgIpc) is 2.30. The molecule has 1 aliphatic rings. The maximum absolute atomic E-state index is 5.77. The number of ether oxygens (including phenoxy) is 1. The first-order chi connectivity index (χ1) is 8.63. The average molecular weight is 266 g/mol. The van der Waals surface area contributed by atoms with Crippen LogP contribution in [0, 0.1) is 6.92 Å². The topological polar surface area (TPSA) is 13.7 Å². The van der Waals surface area contributed by atoms with Crippen LogP contribution in [0.3, 0.4) is 0 Å². The Kier molecular flexibility index (Phi) is 5.10. The SMILES string of the molecule is Cc1ccc(SCC[NH+]2C[C@@H](C)O[C@@H](C)C2)cc1. The maximum Gasteiger partial charge on any atom is 0.104 e. The van der Waals surface area contributed by atoms with E-state index in [2.05, 4.69) is 45.0 Å². The van der Waals surface area contributed by atoms with Crippen molar-refractivity contribution in [3.05, 3.63) is 29.8 Å². The molecule has 2 nitrogen and oxygen atoms in total. The highest BCUT2D eigenvalue weighted by Crippen LogP contribution is 2.17. The monoisotopic (exact) mass is 266 g/mol. The first kappa shape index (κ1) is 13.9. The van der Waals surface area contributed by atoms with Gasteiger partial charge >= 0.3 is 0 Å². The van der Waals surface area contributed by atoms with Gasteiger partial charge in [0.15, 0.2) is 0 Å². The van der Waals surface area contributed by atoms with Crippen LogP contribution in [0.2, 0.25) is 0 Å². The highest BCUT2D eigenvalue weighted by Gasteiger charge is 2.24. The van der Waals surface area contributed by atoms with Crippen molar-refractivity contribution in [2.45, 2.75) is 37.9 Å². The number of thioether (sulfide) groups is 1. The van der Waals surface area contributed by atoms with Gasteiger partial charge in [-0.3, -0.25) is 0 Å². The molecule has 1 aromatic carbocycles. The molecule has 2 rings (SSSR count). The minimum absolute atomic E-state index is 0.410. The molecule has 1 unspecified atom stereocenters. The summed E-state index contributed by atoms with van der Waals surface area (Å²) in [6.07, 6.45) is 0.821. The van der Waals surface area contributed by atoms with E-state index in [-0.39, 0.29) is 0 Å². The van der Waals surface area contributed by atoms with Crippen LogP contribution in [0.15, 0.2) is 29.2 Å². The van der Waals surface area contributed by atoms with Crippen LogP contribution in [-0.4, -0.2) is 37.6 Å². The first-order valence-electron chi connectivity index (χ1n) is 6.82. The number of benzene rings is 1. The molecule has 0 spiro atoms. The summed E-state index contributed by atoms with van der Waals surface area (Å²) in [4.78, 5) is 3.07. The smallest absolute Gasteiger partial charge is 0.104 e. The zero-order valence-electron chi connectivity index (χ0n) is 11.6. The number of hydrogen-bond acceptors (Lipinski definition) is 2. The van der Waals surface area contributed by atoms with Crippen molar-refractivity contribution in [3.63, 3.8) is 0 Å². The molecule has 0 bridgehead atoms. The molecule has 0 radical (unpaired) electrons. The van der Waals surface area contributed by atoms with Gasteiger partial charge in [0.2, 0.25) is 0 Å². The summed E-state index contributed by atoms with van der Waals surface area (Å²) in [5.74, 6) is 1.19. The summed E-state index contributed by atoms with van der Waals surface area (Å²) in [5, 5.41) is 0. The van der Waals surface area contributed by atoms with Crippen LogP contribution >= 0.6 is 11.8 Å². The lowest BCUT2D eigenvalue weighted by molar-refractivity contribution is -0.912. The molecule has 0 aliphatic carbocycles. The largest absolute Gasteiger partial charge is 0.364 e. The molecule has 1 heterocycles. The Morgan fingerprint density at radius 2 is 1.78 bits per heavy atom. The van der Waals surface area contributed by atoms with Gasteiger partial charge in [0.25, 0.3) is 0 Å². The van der Waals surface area contributed by atoms with Gasteiger partial charge in [-0.2, -0.15) is 0 Å². The zero-order chi connectivity index (χ0) is 13.0. The molecule has 1 aliphatic heterocycles. The molecule has 0 amide bonds. The van der Waals surface area contributed by atoms with Gasteiger partial charge < -0.3 is 9.64 Å². The maximum atomic E-state index is 5.77. The van der Waals surface area contributed by atoms with E-state index in [0.717, 1.165) is 13.1 Å². The number of hydrogen-bond donors (Lipinski definition) is 1. The van der Waals surface area contributed by atoms with E-state index in [1.54, 1.807) is 4.90 Å². The third kappa shape index (κ3) is 4.30. The molecule has 1 N–H and O–H groups in total. The fraction of sp³-hybridized carbons (Fsp3) is 0.600. The second kappa shape index (κ2) is 6.60. The molecule has 0 aromatic heterocycles. The number of nitrogens with one attached hydrogen (secondary N) is 1. The van der Waals surface area contributed by atoms with E-state index in [1.165, 1.54) is 22.8 Å². The molecule has 1 fully saturated rings. The lowest BCUT2D eigenvalue weighted by Crippen LogP contribution is -3.15. The van der Waals surface area contributed by atoms with Crippen molar-refractivity contribution < 1.29 is 9.64 Å². The number of aryl methyl sites for hydroxylation is 1. The van der Waals surface area contributed by atoms with E-state index in [1.807, 2.05) is 11.8 Å². The van der Waals surface area contributed by atoms with Gasteiger partial charge in [-0.1, -0.05) is 17.7 Å². The standard InChI is InChI=1S/C15H23NOS/c1-12-4-6-15(7-5-12)18-9-8-16-10-13(2)17-14(3)11-16/h4-7,13-14H,8-11H2,1-3H3/p+1/t13-,14+. The lowest BCUT2D eigenvalue weighted by Gasteiger charge is -2.32. The Morgan fingerprint density at radius 1 is 1.17 bits per heavy atom. The van der Waals surface area contributed by atoms with Crippen LogP contribution in [0.1, 0.15) is 19.4 Å². The predicted molar refractivity (Wildman–Crippen MR) is 77.5 cm³/mol. The second-order valence-corrected chi connectivity index (χ2v) is 6.50. The fourth-order valence-electron chi connectivity index (χ4n) is 2.54. The van der Waals surface area contributed by atoms with Crippen molar-refractivity contribution >= 4 is 11.8 Å². The fourth-order valence-corrected chi connectivity index (χ4v) is 3.50. The lowest BCUT2D eigenvalue weighted by atomic mass is 10.2. The number of morpholine rings is 1. The normalized spacial score (nSPS) is 28.3. The Morgan fingerprint density at radius 3 is 2.39 bits per heavy atom. The summed E-state index contributed by atoms with van der Waals surface area (Å²) in [6.45, 7) is 10.0. The minimum Gasteiger partial charge on any atom is -0.364 e. The molecule has 0 saturated carbocycles. The highest BCUT2D eigenvalue weighted by molar-refractivity contribution is 7.99. The Balaban J connectivity index is 1.73. The van der Waals surface area contributed by atoms with Gasteiger partial charge in [-0.25, -0.2) is 0 Å². The van der Waals surface area contributed by atoms with E-state index in [9.17, 15) is 0 Å². The summed E-state index contributed by atoms with van der Waals surface area (Å²) in [6, 6.07) is 8.82. The van der Waals surface area contributed by atoms with Crippen LogP contribution in [0.4, 0.5) is 0 Å². The number of quaternary nitrogens is 1. The van der Waals surface area contributed by atoms with Gasteiger partial charge in [0.05, 0.1) is 6.54 Å². The van der Waals surface area contributed by atoms with E-state index in [4.69, 9.17) is 4.74 Å². The van der Waals surface area contributed by atoms with Crippen molar-refractivity contribution in [1.29, 1.82) is 0 Å². The van der Waals surface area contributed by atoms with Gasteiger partial charge in [-0.15, -0.1) is 11.8 Å². The molecule has 18 heavy (non-hydrogen) atoms. The Labute approximate surface area is 115 Å². The van der Waals surface area contributed by atoms with Crippen molar-refractivity contribution in [3.8, 4) is 0 Å². The quantitative estimate of drug-likeness (QED) is 0.835. The van der Waals surface area contributed by atoms with E-state index in [0.29, 0.717) is 12.2 Å². The van der Waals surface area contributed by atoms with Crippen LogP contribution < -0.4 is 4.90 Å². The molecule has 3 atom stereocenters. The van der Waals surface area contributed by atoms with E-state index < -0.39 is 0 Å². The van der Waals surface area contributed by atoms with E-state index >= 15 is 0 Å². The Bertz CT molecular complexity index is 355. The highest BCUT2D eigenvalue weighted by atomic mass is 32.2.